The third-order valence-electron chi connectivity index (χ3n) is 1.40. The minimum atomic E-state index is -1.19. The zero-order valence-corrected chi connectivity index (χ0v) is 5.76. The highest BCUT2D eigenvalue weighted by atomic mass is 16.4. The zero-order chi connectivity index (χ0) is 8.27. The quantitative estimate of drug-likeness (QED) is 0.375. The number of carboxylic acid groups (broad SMARTS) is 1. The van der Waals surface area contributed by atoms with Gasteiger partial charge in [0.25, 0.3) is 0 Å². The third kappa shape index (κ3) is 2.08. The fourth-order valence-corrected chi connectivity index (χ4v) is 0.881. The van der Waals surface area contributed by atoms with Crippen molar-refractivity contribution in [2.24, 2.45) is 0 Å². The van der Waals surface area contributed by atoms with Gasteiger partial charge in [-0.05, 0) is 6.42 Å². The summed E-state index contributed by atoms with van der Waals surface area (Å²) < 4.78 is 0. The maximum atomic E-state index is 10.8. The highest BCUT2D eigenvalue weighted by Crippen LogP contribution is 1.96. The lowest BCUT2D eigenvalue weighted by atomic mass is 10.3. The first kappa shape index (κ1) is 7.80. The normalized spacial score (nSPS) is 22.9. The van der Waals surface area contributed by atoms with Crippen molar-refractivity contribution in [2.75, 3.05) is 6.54 Å². The summed E-state index contributed by atoms with van der Waals surface area (Å²) in [6, 6.07) is -0.425. The molecule has 6 heteroatoms. The van der Waals surface area contributed by atoms with Gasteiger partial charge in [0.05, 0.1) is 0 Å². The van der Waals surface area contributed by atoms with Crippen molar-refractivity contribution in [3.05, 3.63) is 0 Å². The van der Waals surface area contributed by atoms with E-state index < -0.39 is 12.1 Å². The average molecular weight is 159 g/mol. The van der Waals surface area contributed by atoms with Crippen LogP contribution >= 0.6 is 0 Å². The van der Waals surface area contributed by atoms with Crippen LogP contribution in [0.1, 0.15) is 6.42 Å². The van der Waals surface area contributed by atoms with E-state index in [2.05, 4.69) is 10.7 Å². The predicted molar refractivity (Wildman–Crippen MR) is 35.7 cm³/mol. The van der Waals surface area contributed by atoms with Gasteiger partial charge in [0.2, 0.25) is 5.91 Å². The number of hydrazine groups is 1. The van der Waals surface area contributed by atoms with Crippen LogP contribution in [0.2, 0.25) is 0 Å². The Morgan fingerprint density at radius 1 is 1.73 bits per heavy atom. The monoisotopic (exact) mass is 159 g/mol. The molecule has 11 heavy (non-hydrogen) atoms. The molecule has 0 aromatic carbocycles. The summed E-state index contributed by atoms with van der Waals surface area (Å²) in [5.41, 5.74) is 4.29. The molecule has 1 heterocycles. The summed E-state index contributed by atoms with van der Waals surface area (Å²) in [5.74, 6) is -0.168. The van der Waals surface area contributed by atoms with Crippen molar-refractivity contribution in [3.63, 3.8) is 0 Å². The van der Waals surface area contributed by atoms with Crippen LogP contribution in [0.5, 0.6) is 0 Å². The van der Waals surface area contributed by atoms with Gasteiger partial charge in [-0.3, -0.25) is 10.2 Å². The average Bonchev–Trinajstić information content (AvgIpc) is 2.31. The smallest absolute Gasteiger partial charge is 0.419 e. The molecular weight excluding hydrogens is 150 g/mol. The second-order valence-electron chi connectivity index (χ2n) is 2.21. The second kappa shape index (κ2) is 3.20. The Morgan fingerprint density at radius 2 is 2.45 bits per heavy atom. The molecule has 2 amide bonds. The van der Waals surface area contributed by atoms with Gasteiger partial charge in [0, 0.05) is 6.54 Å². The predicted octanol–water partition coefficient (Wildman–Crippen LogP) is -1.35. The Labute approximate surface area is 62.9 Å². The van der Waals surface area contributed by atoms with Crippen LogP contribution in [0.15, 0.2) is 0 Å². The SMILES string of the molecule is O=C(O)NNC1CCNC1=O. The minimum absolute atomic E-state index is 0.168. The van der Waals surface area contributed by atoms with Crippen molar-refractivity contribution in [3.8, 4) is 0 Å². The van der Waals surface area contributed by atoms with Crippen molar-refractivity contribution in [1.29, 1.82) is 0 Å². The fourth-order valence-electron chi connectivity index (χ4n) is 0.881. The molecule has 0 radical (unpaired) electrons. The Hall–Kier alpha value is -1.30. The molecule has 1 aliphatic heterocycles. The van der Waals surface area contributed by atoms with Gasteiger partial charge in [0.1, 0.15) is 6.04 Å². The van der Waals surface area contributed by atoms with Crippen molar-refractivity contribution in [2.45, 2.75) is 12.5 Å². The summed E-state index contributed by atoms with van der Waals surface area (Å²) in [6.45, 7) is 0.595. The van der Waals surface area contributed by atoms with Crippen molar-refractivity contribution >= 4 is 12.0 Å². The molecule has 1 fully saturated rings. The Morgan fingerprint density at radius 3 is 2.91 bits per heavy atom. The van der Waals surface area contributed by atoms with E-state index in [1.54, 1.807) is 0 Å². The summed E-state index contributed by atoms with van der Waals surface area (Å²) >= 11 is 0. The van der Waals surface area contributed by atoms with Crippen molar-refractivity contribution in [1.82, 2.24) is 16.2 Å². The van der Waals surface area contributed by atoms with E-state index in [0.29, 0.717) is 13.0 Å². The lowest BCUT2D eigenvalue weighted by Gasteiger charge is -2.07. The molecule has 1 unspecified atom stereocenters. The Bertz CT molecular complexity index is 182. The zero-order valence-electron chi connectivity index (χ0n) is 5.76. The van der Waals surface area contributed by atoms with Gasteiger partial charge in [-0.15, -0.1) is 0 Å². The van der Waals surface area contributed by atoms with Crippen LogP contribution < -0.4 is 16.2 Å². The number of rotatable bonds is 2. The highest BCUT2D eigenvalue weighted by Gasteiger charge is 2.23. The number of hydrogen-bond donors (Lipinski definition) is 4. The van der Waals surface area contributed by atoms with Crippen LogP contribution in [-0.2, 0) is 4.79 Å². The number of carbonyl (C=O) groups excluding carboxylic acids is 1. The summed E-state index contributed by atoms with van der Waals surface area (Å²) in [5, 5.41) is 10.7. The molecule has 1 aliphatic rings. The Balaban J connectivity index is 2.26. The minimum Gasteiger partial charge on any atom is -0.464 e. The number of carbonyl (C=O) groups is 2. The molecule has 1 saturated heterocycles. The summed E-state index contributed by atoms with van der Waals surface area (Å²) in [7, 11) is 0. The number of nitrogens with one attached hydrogen (secondary N) is 3. The van der Waals surface area contributed by atoms with Gasteiger partial charge in [0.15, 0.2) is 0 Å². The van der Waals surface area contributed by atoms with E-state index in [1.165, 1.54) is 0 Å². The topological polar surface area (TPSA) is 90.5 Å². The number of hydrogen-bond acceptors (Lipinski definition) is 3. The maximum absolute atomic E-state index is 10.8. The van der Waals surface area contributed by atoms with E-state index in [4.69, 9.17) is 5.11 Å². The molecule has 0 aromatic rings. The van der Waals surface area contributed by atoms with Crippen LogP contribution in [-0.4, -0.2) is 29.7 Å². The first-order valence-corrected chi connectivity index (χ1v) is 3.22. The number of amides is 2. The molecule has 62 valence electrons. The van der Waals surface area contributed by atoms with E-state index in [0.717, 1.165) is 0 Å². The lowest BCUT2D eigenvalue weighted by molar-refractivity contribution is -0.121. The van der Waals surface area contributed by atoms with Crippen LogP contribution in [0.3, 0.4) is 0 Å². The first-order valence-electron chi connectivity index (χ1n) is 3.22. The molecule has 4 N–H and O–H groups in total. The van der Waals surface area contributed by atoms with Gasteiger partial charge in [-0.2, -0.15) is 0 Å². The molecule has 6 nitrogen and oxygen atoms in total. The van der Waals surface area contributed by atoms with E-state index >= 15 is 0 Å². The molecule has 0 bridgehead atoms. The standard InChI is InChI=1S/C5H9N3O3/c9-4-3(1-2-6-4)7-8-5(10)11/h3,7-8H,1-2H2,(H,6,9)(H,10,11). The molecule has 1 atom stereocenters. The molecule has 0 spiro atoms. The second-order valence-corrected chi connectivity index (χ2v) is 2.21. The first-order chi connectivity index (χ1) is 5.20. The highest BCUT2D eigenvalue weighted by molar-refractivity contribution is 5.83. The largest absolute Gasteiger partial charge is 0.464 e. The molecule has 1 rings (SSSR count). The van der Waals surface area contributed by atoms with Crippen LogP contribution in [0.4, 0.5) is 4.79 Å². The maximum Gasteiger partial charge on any atom is 0.419 e. The molecule has 0 aromatic heterocycles. The lowest BCUT2D eigenvalue weighted by Crippen LogP contribution is -2.46. The van der Waals surface area contributed by atoms with Gasteiger partial charge < -0.3 is 10.4 Å². The van der Waals surface area contributed by atoms with Crippen LogP contribution in [0.25, 0.3) is 0 Å². The molecular formula is C5H9N3O3. The van der Waals surface area contributed by atoms with Crippen LogP contribution in [0, 0.1) is 0 Å². The van der Waals surface area contributed by atoms with Gasteiger partial charge in [-0.25, -0.2) is 10.2 Å². The fraction of sp³-hybridized carbons (Fsp3) is 0.600. The molecule has 0 saturated carbocycles. The van der Waals surface area contributed by atoms with Crippen molar-refractivity contribution < 1.29 is 14.7 Å². The van der Waals surface area contributed by atoms with Gasteiger partial charge >= 0.3 is 6.09 Å². The van der Waals surface area contributed by atoms with E-state index in [1.807, 2.05) is 5.43 Å². The Kier molecular flexibility index (Phi) is 2.27. The van der Waals surface area contributed by atoms with E-state index in [9.17, 15) is 9.59 Å². The third-order valence-corrected chi connectivity index (χ3v) is 1.40. The molecule has 0 aliphatic carbocycles. The van der Waals surface area contributed by atoms with E-state index in [-0.39, 0.29) is 5.91 Å². The van der Waals surface area contributed by atoms with Gasteiger partial charge in [-0.1, -0.05) is 0 Å². The summed E-state index contributed by atoms with van der Waals surface area (Å²) in [6.07, 6.45) is -0.580. The summed E-state index contributed by atoms with van der Waals surface area (Å²) in [4.78, 5) is 20.7.